The molecule has 0 radical (unpaired) electrons. The van der Waals surface area contributed by atoms with Crippen molar-refractivity contribution in [3.05, 3.63) is 62.6 Å². The molecule has 0 heterocycles. The van der Waals surface area contributed by atoms with Gasteiger partial charge in [-0.05, 0) is 24.3 Å². The summed E-state index contributed by atoms with van der Waals surface area (Å²) < 4.78 is 5.38. The van der Waals surface area contributed by atoms with Gasteiger partial charge >= 0.3 is 0 Å². The Balaban J connectivity index is 2.12. The summed E-state index contributed by atoms with van der Waals surface area (Å²) in [6, 6.07) is 12.4. The molecule has 0 bridgehead atoms. The molecule has 0 spiro atoms. The number of carbonyl (C=O) groups excluding carboxylic acids is 1. The summed E-state index contributed by atoms with van der Waals surface area (Å²) in [5.41, 5.74) is 0.361. The van der Waals surface area contributed by atoms with Gasteiger partial charge in [-0.1, -0.05) is 29.3 Å². The summed E-state index contributed by atoms with van der Waals surface area (Å²) >= 11 is 11.9. The van der Waals surface area contributed by atoms with Crippen LogP contribution < -0.4 is 9.64 Å². The van der Waals surface area contributed by atoms with Crippen LogP contribution in [0, 0.1) is 21.4 Å². The Bertz CT molecular complexity index is 867. The van der Waals surface area contributed by atoms with E-state index in [0.717, 1.165) is 6.07 Å². The highest BCUT2D eigenvalue weighted by Crippen LogP contribution is 2.29. The Kier molecular flexibility index (Phi) is 6.78. The quantitative estimate of drug-likeness (QED) is 0.517. The molecule has 0 fully saturated rings. The van der Waals surface area contributed by atoms with E-state index in [0.29, 0.717) is 10.7 Å². The zero-order valence-electron chi connectivity index (χ0n) is 13.4. The molecule has 26 heavy (non-hydrogen) atoms. The normalized spacial score (nSPS) is 10.0. The maximum Gasteiger partial charge on any atom is 0.271 e. The Labute approximate surface area is 159 Å². The molecule has 0 saturated carbocycles. The number of nitro groups is 1. The molecule has 134 valence electrons. The number of nitriles is 1. The van der Waals surface area contributed by atoms with Gasteiger partial charge in [0.2, 0.25) is 0 Å². The number of halogens is 2. The average molecular weight is 394 g/mol. The monoisotopic (exact) mass is 393 g/mol. The molecule has 9 heteroatoms. The van der Waals surface area contributed by atoms with Crippen molar-refractivity contribution in [2.24, 2.45) is 0 Å². The van der Waals surface area contributed by atoms with E-state index in [-0.39, 0.29) is 36.0 Å². The standard InChI is InChI=1S/C17H13Cl2N3O4/c18-12-3-1-4-13(9-12)21(8-2-7-20)17(23)11-26-16-6-5-14(22(24)25)10-15(16)19/h1,3-6,9-10H,2,8,11H2. The topological polar surface area (TPSA) is 96.5 Å². The second-order valence-corrected chi connectivity index (χ2v) is 5.94. The van der Waals surface area contributed by atoms with Crippen LogP contribution in [-0.4, -0.2) is 24.0 Å². The van der Waals surface area contributed by atoms with E-state index in [1.54, 1.807) is 24.3 Å². The summed E-state index contributed by atoms with van der Waals surface area (Å²) in [4.78, 5) is 24.0. The van der Waals surface area contributed by atoms with E-state index in [1.165, 1.54) is 17.0 Å². The Morgan fingerprint density at radius 2 is 2.04 bits per heavy atom. The smallest absolute Gasteiger partial charge is 0.271 e. The number of amides is 1. The molecule has 0 unspecified atom stereocenters. The maximum absolute atomic E-state index is 12.5. The van der Waals surface area contributed by atoms with Crippen molar-refractivity contribution in [1.29, 1.82) is 5.26 Å². The van der Waals surface area contributed by atoms with Gasteiger partial charge in [0, 0.05) is 29.4 Å². The van der Waals surface area contributed by atoms with E-state index < -0.39 is 10.8 Å². The zero-order valence-corrected chi connectivity index (χ0v) is 14.9. The van der Waals surface area contributed by atoms with Gasteiger partial charge in [0.15, 0.2) is 6.61 Å². The number of nitro benzene ring substituents is 1. The number of benzene rings is 2. The van der Waals surface area contributed by atoms with E-state index in [1.807, 2.05) is 6.07 Å². The Morgan fingerprint density at radius 3 is 2.65 bits per heavy atom. The molecule has 0 aliphatic heterocycles. The molecule has 0 aliphatic rings. The number of anilines is 1. The van der Waals surface area contributed by atoms with Gasteiger partial charge in [-0.3, -0.25) is 14.9 Å². The van der Waals surface area contributed by atoms with Gasteiger partial charge in [-0.2, -0.15) is 5.26 Å². The van der Waals surface area contributed by atoms with Crippen molar-refractivity contribution in [2.45, 2.75) is 6.42 Å². The lowest BCUT2D eigenvalue weighted by Gasteiger charge is -2.22. The lowest BCUT2D eigenvalue weighted by atomic mass is 10.2. The lowest BCUT2D eigenvalue weighted by molar-refractivity contribution is -0.384. The molecule has 0 atom stereocenters. The molecule has 2 rings (SSSR count). The summed E-state index contributed by atoms with van der Waals surface area (Å²) in [6.07, 6.45) is 0.135. The highest BCUT2D eigenvalue weighted by atomic mass is 35.5. The number of hydrogen-bond acceptors (Lipinski definition) is 5. The van der Waals surface area contributed by atoms with Crippen molar-refractivity contribution in [2.75, 3.05) is 18.1 Å². The highest BCUT2D eigenvalue weighted by Gasteiger charge is 2.18. The summed E-state index contributed by atoms with van der Waals surface area (Å²) in [5.74, 6) is -0.256. The first-order valence-electron chi connectivity index (χ1n) is 7.42. The first-order valence-corrected chi connectivity index (χ1v) is 8.17. The highest BCUT2D eigenvalue weighted by molar-refractivity contribution is 6.32. The van der Waals surface area contributed by atoms with Crippen LogP contribution in [0.3, 0.4) is 0 Å². The number of hydrogen-bond donors (Lipinski definition) is 0. The minimum Gasteiger partial charge on any atom is -0.482 e. The number of rotatable bonds is 7. The van der Waals surface area contributed by atoms with Gasteiger partial charge in [-0.15, -0.1) is 0 Å². The third-order valence-electron chi connectivity index (χ3n) is 3.35. The largest absolute Gasteiger partial charge is 0.482 e. The van der Waals surface area contributed by atoms with E-state index in [4.69, 9.17) is 33.2 Å². The summed E-state index contributed by atoms with van der Waals surface area (Å²) in [7, 11) is 0. The van der Waals surface area contributed by atoms with Crippen LogP contribution >= 0.6 is 23.2 Å². The van der Waals surface area contributed by atoms with Crippen molar-refractivity contribution in [3.8, 4) is 11.8 Å². The van der Waals surface area contributed by atoms with Crippen LogP contribution in [0.4, 0.5) is 11.4 Å². The second-order valence-electron chi connectivity index (χ2n) is 5.09. The van der Waals surface area contributed by atoms with Gasteiger partial charge in [-0.25, -0.2) is 0 Å². The van der Waals surface area contributed by atoms with Crippen LogP contribution in [0.2, 0.25) is 10.0 Å². The number of carbonyl (C=O) groups is 1. The van der Waals surface area contributed by atoms with Crippen molar-refractivity contribution >= 4 is 40.5 Å². The van der Waals surface area contributed by atoms with Crippen molar-refractivity contribution < 1.29 is 14.5 Å². The van der Waals surface area contributed by atoms with Crippen LogP contribution in [0.5, 0.6) is 5.75 Å². The molecule has 7 nitrogen and oxygen atoms in total. The fourth-order valence-corrected chi connectivity index (χ4v) is 2.56. The first-order chi connectivity index (χ1) is 12.4. The van der Waals surface area contributed by atoms with Crippen LogP contribution in [0.15, 0.2) is 42.5 Å². The van der Waals surface area contributed by atoms with Crippen LogP contribution in [-0.2, 0) is 4.79 Å². The van der Waals surface area contributed by atoms with E-state index >= 15 is 0 Å². The summed E-state index contributed by atoms with van der Waals surface area (Å²) in [5, 5.41) is 20.0. The predicted octanol–water partition coefficient (Wildman–Crippen LogP) is 4.23. The molecule has 1 amide bonds. The van der Waals surface area contributed by atoms with Crippen LogP contribution in [0.1, 0.15) is 6.42 Å². The van der Waals surface area contributed by atoms with Gasteiger partial charge in [0.1, 0.15) is 5.75 Å². The molecule has 2 aromatic carbocycles. The minimum atomic E-state index is -0.580. The third-order valence-corrected chi connectivity index (χ3v) is 3.88. The van der Waals surface area contributed by atoms with Crippen molar-refractivity contribution in [1.82, 2.24) is 0 Å². The fraction of sp³-hybridized carbons (Fsp3) is 0.176. The minimum absolute atomic E-state index is 0.0262. The Hall–Kier alpha value is -2.82. The average Bonchev–Trinajstić information content (AvgIpc) is 2.61. The predicted molar refractivity (Wildman–Crippen MR) is 97.6 cm³/mol. The van der Waals surface area contributed by atoms with E-state index in [9.17, 15) is 14.9 Å². The molecular weight excluding hydrogens is 381 g/mol. The Morgan fingerprint density at radius 1 is 1.27 bits per heavy atom. The lowest BCUT2D eigenvalue weighted by Crippen LogP contribution is -2.35. The molecule has 0 N–H and O–H groups in total. The molecule has 2 aromatic rings. The maximum atomic E-state index is 12.5. The van der Waals surface area contributed by atoms with Crippen molar-refractivity contribution in [3.63, 3.8) is 0 Å². The fourth-order valence-electron chi connectivity index (χ4n) is 2.14. The van der Waals surface area contributed by atoms with Gasteiger partial charge in [0.25, 0.3) is 11.6 Å². The summed E-state index contributed by atoms with van der Waals surface area (Å²) in [6.45, 7) is -0.178. The number of ether oxygens (including phenoxy) is 1. The molecule has 0 aromatic heterocycles. The molecule has 0 aliphatic carbocycles. The molecule has 0 saturated heterocycles. The zero-order chi connectivity index (χ0) is 19.1. The first kappa shape index (κ1) is 19.5. The third kappa shape index (κ3) is 5.09. The number of non-ortho nitro benzene ring substituents is 1. The van der Waals surface area contributed by atoms with Crippen LogP contribution in [0.25, 0.3) is 0 Å². The van der Waals surface area contributed by atoms with E-state index in [2.05, 4.69) is 0 Å². The SMILES string of the molecule is N#CCCN(C(=O)COc1ccc([N+](=O)[O-])cc1Cl)c1cccc(Cl)c1. The second kappa shape index (κ2) is 9.04. The van der Waals surface area contributed by atoms with Gasteiger partial charge < -0.3 is 9.64 Å². The molecular formula is C17H13Cl2N3O4. The van der Waals surface area contributed by atoms with Gasteiger partial charge in [0.05, 0.1) is 22.4 Å². The number of nitrogens with zero attached hydrogens (tertiary/aromatic N) is 3.